The van der Waals surface area contributed by atoms with Gasteiger partial charge >= 0.3 is 6.18 Å². The lowest BCUT2D eigenvalue weighted by molar-refractivity contribution is -0.137. The van der Waals surface area contributed by atoms with Crippen LogP contribution in [0.25, 0.3) is 0 Å². The molecule has 0 aliphatic carbocycles. The number of hydrogen-bond acceptors (Lipinski definition) is 4. The quantitative estimate of drug-likeness (QED) is 0.395. The Labute approximate surface area is 117 Å². The number of alkyl halides is 3. The second kappa shape index (κ2) is 5.70. The van der Waals surface area contributed by atoms with Crippen LogP contribution in [0.3, 0.4) is 0 Å². The second-order valence-electron chi connectivity index (χ2n) is 3.96. The van der Waals surface area contributed by atoms with Gasteiger partial charge in [-0.15, -0.1) is 0 Å². The van der Waals surface area contributed by atoms with E-state index < -0.39 is 11.7 Å². The Morgan fingerprint density at radius 2 is 1.86 bits per heavy atom. The first-order valence-electron chi connectivity index (χ1n) is 5.70. The summed E-state index contributed by atoms with van der Waals surface area (Å²) in [4.78, 5) is 3.88. The van der Waals surface area contributed by atoms with Crippen LogP contribution in [-0.4, -0.2) is 16.0 Å². The molecule has 0 atom stereocenters. The summed E-state index contributed by atoms with van der Waals surface area (Å²) in [5.74, 6) is 0.0630. The van der Waals surface area contributed by atoms with E-state index in [4.69, 9.17) is 15.7 Å². The molecule has 5 nitrogen and oxygen atoms in total. The molecule has 1 heterocycles. The minimum atomic E-state index is -4.41. The van der Waals surface area contributed by atoms with E-state index in [1.807, 2.05) is 0 Å². The standard InChI is InChI=1S/C13H10F3N3O2/c14-13(15,16)8-3-5-9(6-4-8)21-10-2-1-7-18-11(10)12(17)19-20/h1-7,20H,(H2,17,19). The van der Waals surface area contributed by atoms with E-state index in [0.29, 0.717) is 0 Å². The van der Waals surface area contributed by atoms with Crippen molar-refractivity contribution in [1.82, 2.24) is 4.98 Å². The topological polar surface area (TPSA) is 80.7 Å². The van der Waals surface area contributed by atoms with Crippen molar-refractivity contribution < 1.29 is 23.1 Å². The fourth-order valence-electron chi connectivity index (χ4n) is 1.55. The van der Waals surface area contributed by atoms with Gasteiger partial charge in [-0.25, -0.2) is 4.98 Å². The maximum absolute atomic E-state index is 12.5. The maximum Gasteiger partial charge on any atom is 0.416 e. The van der Waals surface area contributed by atoms with E-state index in [9.17, 15) is 13.2 Å². The molecule has 3 N–H and O–H groups in total. The molecule has 2 rings (SSSR count). The molecule has 21 heavy (non-hydrogen) atoms. The van der Waals surface area contributed by atoms with Crippen LogP contribution in [0.5, 0.6) is 11.5 Å². The molecule has 1 aromatic heterocycles. The van der Waals surface area contributed by atoms with E-state index in [-0.39, 0.29) is 23.0 Å². The number of benzene rings is 1. The molecule has 0 radical (unpaired) electrons. The zero-order valence-corrected chi connectivity index (χ0v) is 10.5. The lowest BCUT2D eigenvalue weighted by Gasteiger charge is -2.10. The predicted molar refractivity (Wildman–Crippen MR) is 68.3 cm³/mol. The lowest BCUT2D eigenvalue weighted by atomic mass is 10.2. The number of ether oxygens (including phenoxy) is 1. The highest BCUT2D eigenvalue weighted by Gasteiger charge is 2.30. The Morgan fingerprint density at radius 3 is 2.43 bits per heavy atom. The van der Waals surface area contributed by atoms with Gasteiger partial charge in [0.2, 0.25) is 0 Å². The van der Waals surface area contributed by atoms with Gasteiger partial charge in [0.25, 0.3) is 0 Å². The second-order valence-corrected chi connectivity index (χ2v) is 3.96. The number of nitrogens with zero attached hydrogens (tertiary/aromatic N) is 2. The van der Waals surface area contributed by atoms with Crippen molar-refractivity contribution in [2.75, 3.05) is 0 Å². The molecule has 8 heteroatoms. The van der Waals surface area contributed by atoms with Crippen LogP contribution in [-0.2, 0) is 6.18 Å². The molecule has 1 aromatic carbocycles. The summed E-state index contributed by atoms with van der Waals surface area (Å²) in [6, 6.07) is 7.19. The third-order valence-electron chi connectivity index (χ3n) is 2.53. The predicted octanol–water partition coefficient (Wildman–Crippen LogP) is 2.99. The van der Waals surface area contributed by atoms with Gasteiger partial charge in [0, 0.05) is 6.20 Å². The highest BCUT2D eigenvalue weighted by atomic mass is 19.4. The average Bonchev–Trinajstić information content (AvgIpc) is 2.46. The molecule has 0 aliphatic rings. The first-order valence-corrected chi connectivity index (χ1v) is 5.70. The number of oxime groups is 1. The number of pyridine rings is 1. The summed E-state index contributed by atoms with van der Waals surface area (Å²) < 4.78 is 42.8. The van der Waals surface area contributed by atoms with E-state index in [1.54, 1.807) is 6.07 Å². The molecule has 0 fully saturated rings. The average molecular weight is 297 g/mol. The van der Waals surface area contributed by atoms with Gasteiger partial charge < -0.3 is 15.7 Å². The van der Waals surface area contributed by atoms with Crippen LogP contribution in [0.4, 0.5) is 13.2 Å². The van der Waals surface area contributed by atoms with Crippen molar-refractivity contribution >= 4 is 5.84 Å². The summed E-state index contributed by atoms with van der Waals surface area (Å²) in [6.45, 7) is 0. The molecule has 2 aromatic rings. The fraction of sp³-hybridized carbons (Fsp3) is 0.0769. The fourth-order valence-corrected chi connectivity index (χ4v) is 1.55. The Morgan fingerprint density at radius 1 is 1.19 bits per heavy atom. The number of aromatic nitrogens is 1. The monoisotopic (exact) mass is 297 g/mol. The van der Waals surface area contributed by atoms with Crippen LogP contribution in [0, 0.1) is 0 Å². The van der Waals surface area contributed by atoms with Gasteiger partial charge in [0.05, 0.1) is 5.56 Å². The molecule has 110 valence electrons. The van der Waals surface area contributed by atoms with E-state index in [2.05, 4.69) is 10.1 Å². The number of rotatable bonds is 3. The lowest BCUT2D eigenvalue weighted by Crippen LogP contribution is -2.16. The molecule has 0 aliphatic heterocycles. The summed E-state index contributed by atoms with van der Waals surface area (Å²) in [5, 5.41) is 11.5. The Kier molecular flexibility index (Phi) is 3.97. The maximum atomic E-state index is 12.5. The molecule has 0 bridgehead atoms. The molecule has 0 saturated heterocycles. The molecular formula is C13H10F3N3O2. The van der Waals surface area contributed by atoms with Gasteiger partial charge in [-0.2, -0.15) is 13.2 Å². The van der Waals surface area contributed by atoms with E-state index in [0.717, 1.165) is 12.1 Å². The summed E-state index contributed by atoms with van der Waals surface area (Å²) in [7, 11) is 0. The Bertz CT molecular complexity index is 654. The first-order chi connectivity index (χ1) is 9.91. The van der Waals surface area contributed by atoms with Gasteiger partial charge in [-0.3, -0.25) is 0 Å². The van der Waals surface area contributed by atoms with Crippen LogP contribution >= 0.6 is 0 Å². The van der Waals surface area contributed by atoms with Crippen LogP contribution in [0.1, 0.15) is 11.3 Å². The van der Waals surface area contributed by atoms with Crippen molar-refractivity contribution in [1.29, 1.82) is 0 Å². The van der Waals surface area contributed by atoms with Crippen LogP contribution in [0.2, 0.25) is 0 Å². The summed E-state index contributed by atoms with van der Waals surface area (Å²) in [5.41, 5.74) is 4.74. The molecule has 0 amide bonds. The van der Waals surface area contributed by atoms with Gasteiger partial charge in [0.1, 0.15) is 5.75 Å². The summed E-state index contributed by atoms with van der Waals surface area (Å²) >= 11 is 0. The first kappa shape index (κ1) is 14.6. The van der Waals surface area contributed by atoms with Gasteiger partial charge in [-0.1, -0.05) is 5.16 Å². The van der Waals surface area contributed by atoms with Gasteiger partial charge in [-0.05, 0) is 36.4 Å². The molecule has 0 unspecified atom stereocenters. The normalized spacial score (nSPS) is 12.2. The number of nitrogens with two attached hydrogens (primary N) is 1. The minimum absolute atomic E-state index is 0.0832. The van der Waals surface area contributed by atoms with Crippen molar-refractivity contribution in [3.63, 3.8) is 0 Å². The van der Waals surface area contributed by atoms with Crippen LogP contribution in [0.15, 0.2) is 47.8 Å². The zero-order chi connectivity index (χ0) is 15.5. The third kappa shape index (κ3) is 3.41. The Hall–Kier alpha value is -2.77. The third-order valence-corrected chi connectivity index (χ3v) is 2.53. The SMILES string of the molecule is N/C(=N/O)c1ncccc1Oc1ccc(C(F)(F)F)cc1. The van der Waals surface area contributed by atoms with Crippen molar-refractivity contribution in [3.8, 4) is 11.5 Å². The number of hydrogen-bond donors (Lipinski definition) is 2. The zero-order valence-electron chi connectivity index (χ0n) is 10.5. The molecule has 0 spiro atoms. The largest absolute Gasteiger partial charge is 0.455 e. The number of halogens is 3. The Balaban J connectivity index is 2.27. The van der Waals surface area contributed by atoms with Crippen molar-refractivity contribution in [2.45, 2.75) is 6.18 Å². The molecule has 0 saturated carbocycles. The van der Waals surface area contributed by atoms with Crippen molar-refractivity contribution in [3.05, 3.63) is 53.9 Å². The van der Waals surface area contributed by atoms with Crippen molar-refractivity contribution in [2.24, 2.45) is 10.9 Å². The van der Waals surface area contributed by atoms with Gasteiger partial charge in [0.15, 0.2) is 17.3 Å². The minimum Gasteiger partial charge on any atom is -0.455 e. The smallest absolute Gasteiger partial charge is 0.416 e. The molecular weight excluding hydrogens is 287 g/mol. The number of amidine groups is 1. The summed E-state index contributed by atoms with van der Waals surface area (Å²) in [6.07, 6.45) is -3.00. The van der Waals surface area contributed by atoms with Crippen LogP contribution < -0.4 is 10.5 Å². The van der Waals surface area contributed by atoms with E-state index >= 15 is 0 Å². The van der Waals surface area contributed by atoms with E-state index in [1.165, 1.54) is 24.4 Å². The highest BCUT2D eigenvalue weighted by Crippen LogP contribution is 2.31. The highest BCUT2D eigenvalue weighted by molar-refractivity contribution is 5.97.